The van der Waals surface area contributed by atoms with Gasteiger partial charge in [0.15, 0.2) is 34.5 Å². The summed E-state index contributed by atoms with van der Waals surface area (Å²) in [5.41, 5.74) is 6.93. The molecule has 4 aromatic carbocycles. The Labute approximate surface area is 264 Å². The van der Waals surface area contributed by atoms with Gasteiger partial charge in [0, 0.05) is 30.7 Å². The lowest BCUT2D eigenvalue weighted by Gasteiger charge is -2.37. The zero-order valence-electron chi connectivity index (χ0n) is 26.6. The second-order valence-corrected chi connectivity index (χ2v) is 12.3. The van der Waals surface area contributed by atoms with E-state index in [4.69, 9.17) is 23.7 Å². The number of rotatable bonds is 3. The van der Waals surface area contributed by atoms with Gasteiger partial charge >= 0.3 is 0 Å². The Bertz CT molecular complexity index is 1740. The van der Waals surface area contributed by atoms with Crippen LogP contribution >= 0.6 is 0 Å². The zero-order valence-corrected chi connectivity index (χ0v) is 26.6. The van der Waals surface area contributed by atoms with E-state index in [0.717, 1.165) is 49.0 Å². The number of benzene rings is 4. The van der Waals surface area contributed by atoms with Gasteiger partial charge in [0.25, 0.3) is 0 Å². The van der Waals surface area contributed by atoms with E-state index in [1.54, 1.807) is 27.4 Å². The molecule has 0 saturated heterocycles. The van der Waals surface area contributed by atoms with Crippen molar-refractivity contribution in [3.05, 3.63) is 94.0 Å². The van der Waals surface area contributed by atoms with E-state index in [9.17, 15) is 5.11 Å². The molecule has 1 N–H and O–H groups in total. The second-order valence-electron chi connectivity index (χ2n) is 12.3. The largest absolute Gasteiger partial charge is 0.504 e. The molecule has 0 unspecified atom stereocenters. The maximum absolute atomic E-state index is 10.7. The quantitative estimate of drug-likeness (QED) is 0.271. The van der Waals surface area contributed by atoms with Crippen LogP contribution in [0.2, 0.25) is 0 Å². The summed E-state index contributed by atoms with van der Waals surface area (Å²) in [6.07, 6.45) is 3.25. The fraction of sp³-hybridized carbons (Fsp3) is 0.351. The van der Waals surface area contributed by atoms with Crippen LogP contribution in [0.4, 0.5) is 0 Å². The first kappa shape index (κ1) is 29.3. The Hall–Kier alpha value is -4.40. The van der Waals surface area contributed by atoms with Crippen LogP contribution in [0.5, 0.6) is 46.0 Å². The van der Waals surface area contributed by atoms with Crippen LogP contribution in [0, 0.1) is 0 Å². The number of nitrogens with zero attached hydrogens (tertiary/aromatic N) is 2. The molecule has 234 valence electrons. The van der Waals surface area contributed by atoms with Gasteiger partial charge in [-0.1, -0.05) is 18.2 Å². The number of hydrogen-bond donors (Lipinski definition) is 1. The molecule has 2 atom stereocenters. The summed E-state index contributed by atoms with van der Waals surface area (Å²) in [7, 11) is 9.33. The minimum Gasteiger partial charge on any atom is -0.504 e. The third-order valence-corrected chi connectivity index (χ3v) is 9.64. The van der Waals surface area contributed by atoms with Crippen molar-refractivity contribution in [2.45, 2.75) is 37.8 Å². The Morgan fingerprint density at radius 1 is 0.689 bits per heavy atom. The molecule has 45 heavy (non-hydrogen) atoms. The first-order valence-corrected chi connectivity index (χ1v) is 15.5. The second kappa shape index (κ2) is 11.8. The number of hydrogen-bond acceptors (Lipinski definition) is 8. The summed E-state index contributed by atoms with van der Waals surface area (Å²) in [6, 6.07) is 20.3. The predicted octanol–water partition coefficient (Wildman–Crippen LogP) is 6.86. The molecule has 8 rings (SSSR count). The lowest BCUT2D eigenvalue weighted by Crippen LogP contribution is -2.34. The number of fused-ring (bicyclic) bond motifs is 2. The van der Waals surface area contributed by atoms with Crippen molar-refractivity contribution in [1.29, 1.82) is 0 Å². The fourth-order valence-corrected chi connectivity index (χ4v) is 7.11. The highest BCUT2D eigenvalue weighted by molar-refractivity contribution is 5.63. The van der Waals surface area contributed by atoms with E-state index in [-0.39, 0.29) is 17.8 Å². The molecule has 0 saturated carbocycles. The van der Waals surface area contributed by atoms with Crippen LogP contribution < -0.4 is 23.7 Å². The zero-order chi connectivity index (χ0) is 31.2. The Morgan fingerprint density at radius 3 is 2.09 bits per heavy atom. The van der Waals surface area contributed by atoms with Gasteiger partial charge in [0.05, 0.1) is 21.3 Å². The molecule has 8 nitrogen and oxygen atoms in total. The maximum Gasteiger partial charge on any atom is 0.204 e. The predicted molar refractivity (Wildman–Crippen MR) is 173 cm³/mol. The van der Waals surface area contributed by atoms with E-state index >= 15 is 0 Å². The molecule has 0 amide bonds. The minimum absolute atomic E-state index is 0.0402. The summed E-state index contributed by atoms with van der Waals surface area (Å²) in [4.78, 5) is 4.75. The van der Waals surface area contributed by atoms with E-state index in [0.29, 0.717) is 46.7 Å². The Morgan fingerprint density at radius 2 is 1.36 bits per heavy atom. The third-order valence-electron chi connectivity index (χ3n) is 9.64. The summed E-state index contributed by atoms with van der Waals surface area (Å²) in [5, 5.41) is 10.7. The van der Waals surface area contributed by atoms with Crippen LogP contribution in [0.3, 0.4) is 0 Å². The molecule has 4 aliphatic rings. The van der Waals surface area contributed by atoms with Gasteiger partial charge in [-0.3, -0.25) is 9.80 Å². The van der Waals surface area contributed by atoms with Gasteiger partial charge in [0.1, 0.15) is 5.75 Å². The summed E-state index contributed by atoms with van der Waals surface area (Å²) in [6.45, 7) is 1.82. The molecule has 4 aliphatic heterocycles. The van der Waals surface area contributed by atoms with E-state index in [2.05, 4.69) is 54.2 Å². The standard InChI is InChI=1S/C37H40N2O6/c1-38-14-12-24-19-32(41-3)33-21-27(24)28(38)16-22-6-9-26(10-7-22)44-31-18-23(8-11-30(31)40)17-29-35-25(13-15-39(29)2)20-34(42-4)36(43-5)37(35)45-33/h6-11,18-21,28-29,40H,12-17H2,1-5H3/t28-,29+/m1/s1. The first-order valence-electron chi connectivity index (χ1n) is 15.5. The number of aromatic hydroxyl groups is 1. The Balaban J connectivity index is 1.47. The molecule has 0 radical (unpaired) electrons. The van der Waals surface area contributed by atoms with E-state index in [1.807, 2.05) is 24.3 Å². The molecule has 0 aromatic heterocycles. The highest BCUT2D eigenvalue weighted by Crippen LogP contribution is 2.52. The number of phenolic OH excluding ortho intramolecular Hbond substituents is 1. The van der Waals surface area contributed by atoms with E-state index < -0.39 is 0 Å². The molecular weight excluding hydrogens is 568 g/mol. The smallest absolute Gasteiger partial charge is 0.204 e. The number of methoxy groups -OCH3 is 3. The molecule has 0 fully saturated rings. The topological polar surface area (TPSA) is 72.9 Å². The van der Waals surface area contributed by atoms with Gasteiger partial charge in [0.2, 0.25) is 5.75 Å². The molecule has 0 spiro atoms. The lowest BCUT2D eigenvalue weighted by molar-refractivity contribution is 0.220. The van der Waals surface area contributed by atoms with Gasteiger partial charge in [-0.05, 0) is 110 Å². The molecule has 4 heterocycles. The molecule has 0 aliphatic carbocycles. The number of phenols is 1. The highest BCUT2D eigenvalue weighted by Gasteiger charge is 2.34. The van der Waals surface area contributed by atoms with Crippen molar-refractivity contribution in [2.75, 3.05) is 48.5 Å². The van der Waals surface area contributed by atoms with Crippen molar-refractivity contribution >= 4 is 0 Å². The SMILES string of the molecule is COc1cc2c3cc1Oc1c(OC)c(OC)cc4c1[C@H](Cc1ccc(O)c(c1)Oc1ccc(cc1)C[C@H]3N(C)CC2)N(C)CC4. The number of ether oxygens (including phenoxy) is 5. The van der Waals surface area contributed by atoms with Crippen LogP contribution in [0.1, 0.15) is 45.5 Å². The van der Waals surface area contributed by atoms with E-state index in [1.165, 1.54) is 16.7 Å². The van der Waals surface area contributed by atoms with Crippen molar-refractivity contribution in [2.24, 2.45) is 0 Å². The summed E-state index contributed by atoms with van der Waals surface area (Å²) in [5.74, 6) is 4.37. The lowest BCUT2D eigenvalue weighted by atomic mass is 9.87. The van der Waals surface area contributed by atoms with Crippen LogP contribution in [-0.4, -0.2) is 63.4 Å². The molecular formula is C37H40N2O6. The fourth-order valence-electron chi connectivity index (χ4n) is 7.11. The molecule has 6 bridgehead atoms. The van der Waals surface area contributed by atoms with Crippen LogP contribution in [0.15, 0.2) is 60.7 Å². The monoisotopic (exact) mass is 608 g/mol. The van der Waals surface area contributed by atoms with Crippen molar-refractivity contribution in [3.63, 3.8) is 0 Å². The number of likely N-dealkylation sites (N-methyl/N-ethyl adjacent to an activating group) is 2. The van der Waals surface area contributed by atoms with Crippen molar-refractivity contribution in [3.8, 4) is 46.0 Å². The Kier molecular flexibility index (Phi) is 7.71. The third kappa shape index (κ3) is 5.32. The van der Waals surface area contributed by atoms with Gasteiger partial charge in [-0.2, -0.15) is 0 Å². The normalized spacial score (nSPS) is 19.4. The maximum atomic E-state index is 10.7. The highest BCUT2D eigenvalue weighted by atomic mass is 16.5. The minimum atomic E-state index is -0.0402. The van der Waals surface area contributed by atoms with Crippen LogP contribution in [-0.2, 0) is 25.7 Å². The molecule has 8 heteroatoms. The molecule has 4 aromatic rings. The first-order chi connectivity index (χ1) is 21.9. The van der Waals surface area contributed by atoms with Crippen LogP contribution in [0.25, 0.3) is 0 Å². The summed E-state index contributed by atoms with van der Waals surface area (Å²) < 4.78 is 31.0. The van der Waals surface area contributed by atoms with Gasteiger partial charge in [-0.15, -0.1) is 0 Å². The van der Waals surface area contributed by atoms with Gasteiger partial charge in [-0.25, -0.2) is 0 Å². The average molecular weight is 609 g/mol. The van der Waals surface area contributed by atoms with Crippen molar-refractivity contribution in [1.82, 2.24) is 9.80 Å². The summed E-state index contributed by atoms with van der Waals surface area (Å²) >= 11 is 0. The van der Waals surface area contributed by atoms with Crippen molar-refractivity contribution < 1.29 is 28.8 Å². The average Bonchev–Trinajstić information content (AvgIpc) is 3.05. The van der Waals surface area contributed by atoms with Gasteiger partial charge < -0.3 is 28.8 Å².